The summed E-state index contributed by atoms with van der Waals surface area (Å²) in [6.07, 6.45) is 1.77. The Labute approximate surface area is 145 Å². The van der Waals surface area contributed by atoms with Crippen molar-refractivity contribution in [2.45, 2.75) is 20.8 Å². The van der Waals surface area contributed by atoms with Crippen LogP contribution >= 0.6 is 15.9 Å². The van der Waals surface area contributed by atoms with Crippen LogP contribution in [0.15, 0.2) is 62.4 Å². The Balaban J connectivity index is 1.87. The van der Waals surface area contributed by atoms with Gasteiger partial charge in [0.15, 0.2) is 0 Å². The number of benzene rings is 2. The minimum Gasteiger partial charge on any atom is -0.455 e. The molecule has 0 aliphatic heterocycles. The van der Waals surface area contributed by atoms with E-state index in [4.69, 9.17) is 4.42 Å². The summed E-state index contributed by atoms with van der Waals surface area (Å²) in [4.78, 5) is 4.55. The number of hydrogen-bond acceptors (Lipinski definition) is 2. The summed E-state index contributed by atoms with van der Waals surface area (Å²) in [7, 11) is 0. The smallest absolute Gasteiger partial charge is 0.145 e. The van der Waals surface area contributed by atoms with E-state index in [1.165, 1.54) is 11.1 Å². The fourth-order valence-corrected chi connectivity index (χ4v) is 3.07. The van der Waals surface area contributed by atoms with Crippen LogP contribution in [0.5, 0.6) is 0 Å². The van der Waals surface area contributed by atoms with Gasteiger partial charge in [-0.05, 0) is 67.8 Å². The predicted molar refractivity (Wildman–Crippen MR) is 99.8 cm³/mol. The molecule has 1 aromatic heterocycles. The molecule has 116 valence electrons. The standard InChI is InChI=1S/C20H18BrNO/c1-13-5-8-17(18(21)10-13)20-9-7-16(23-20)12-22-19-11-14(2)4-6-15(19)3/h4-12H,1-3H3. The number of rotatable bonds is 3. The number of furan rings is 1. The molecule has 0 saturated carbocycles. The average Bonchev–Trinajstić information content (AvgIpc) is 2.97. The molecule has 0 fully saturated rings. The van der Waals surface area contributed by atoms with Gasteiger partial charge in [0, 0.05) is 10.0 Å². The fourth-order valence-electron chi connectivity index (χ4n) is 2.38. The molecule has 23 heavy (non-hydrogen) atoms. The molecule has 0 spiro atoms. The lowest BCUT2D eigenvalue weighted by molar-refractivity contribution is 0.575. The second-order valence-electron chi connectivity index (χ2n) is 5.73. The van der Waals surface area contributed by atoms with Gasteiger partial charge in [-0.25, -0.2) is 0 Å². The summed E-state index contributed by atoms with van der Waals surface area (Å²) in [6, 6.07) is 16.4. The van der Waals surface area contributed by atoms with Crippen LogP contribution in [0, 0.1) is 20.8 Å². The molecule has 0 aliphatic carbocycles. The van der Waals surface area contributed by atoms with E-state index in [1.807, 2.05) is 12.1 Å². The molecule has 0 amide bonds. The fraction of sp³-hybridized carbons (Fsp3) is 0.150. The Kier molecular flexibility index (Phi) is 4.49. The Morgan fingerprint density at radius 1 is 0.913 bits per heavy atom. The molecule has 1 heterocycles. The van der Waals surface area contributed by atoms with Crippen molar-refractivity contribution in [1.82, 2.24) is 0 Å². The first-order valence-corrected chi connectivity index (χ1v) is 8.30. The van der Waals surface area contributed by atoms with Crippen molar-refractivity contribution >= 4 is 27.8 Å². The van der Waals surface area contributed by atoms with E-state index in [0.29, 0.717) is 0 Å². The highest BCUT2D eigenvalue weighted by Gasteiger charge is 2.07. The minimum atomic E-state index is 0.744. The first-order chi connectivity index (χ1) is 11.0. The largest absolute Gasteiger partial charge is 0.455 e. The van der Waals surface area contributed by atoms with Gasteiger partial charge >= 0.3 is 0 Å². The average molecular weight is 368 g/mol. The van der Waals surface area contributed by atoms with Crippen LogP contribution in [-0.4, -0.2) is 6.21 Å². The maximum Gasteiger partial charge on any atom is 0.145 e. The van der Waals surface area contributed by atoms with E-state index >= 15 is 0 Å². The van der Waals surface area contributed by atoms with E-state index in [0.717, 1.165) is 32.8 Å². The van der Waals surface area contributed by atoms with Crippen molar-refractivity contribution in [2.24, 2.45) is 4.99 Å². The highest BCUT2D eigenvalue weighted by Crippen LogP contribution is 2.30. The molecule has 0 N–H and O–H groups in total. The predicted octanol–water partition coefficient (Wildman–Crippen LogP) is 6.38. The molecule has 3 aromatic rings. The van der Waals surface area contributed by atoms with Gasteiger partial charge in [-0.2, -0.15) is 0 Å². The van der Waals surface area contributed by atoms with Gasteiger partial charge in [-0.1, -0.05) is 34.1 Å². The maximum atomic E-state index is 5.90. The quantitative estimate of drug-likeness (QED) is 0.492. The van der Waals surface area contributed by atoms with Crippen LogP contribution in [0.4, 0.5) is 5.69 Å². The SMILES string of the molecule is Cc1ccc(-c2ccc(C=Nc3cc(C)ccc3C)o2)c(Br)c1. The second-order valence-corrected chi connectivity index (χ2v) is 6.59. The number of aliphatic imine (C=N–C) groups is 1. The summed E-state index contributed by atoms with van der Waals surface area (Å²) >= 11 is 3.59. The molecule has 3 rings (SSSR count). The summed E-state index contributed by atoms with van der Waals surface area (Å²) < 4.78 is 6.94. The van der Waals surface area contributed by atoms with Crippen LogP contribution in [0.1, 0.15) is 22.5 Å². The zero-order chi connectivity index (χ0) is 16.4. The van der Waals surface area contributed by atoms with Gasteiger partial charge in [0.25, 0.3) is 0 Å². The van der Waals surface area contributed by atoms with E-state index in [9.17, 15) is 0 Å². The van der Waals surface area contributed by atoms with Crippen molar-refractivity contribution in [1.29, 1.82) is 0 Å². The van der Waals surface area contributed by atoms with Crippen molar-refractivity contribution < 1.29 is 4.42 Å². The third kappa shape index (κ3) is 3.62. The zero-order valence-electron chi connectivity index (χ0n) is 13.4. The van der Waals surface area contributed by atoms with Gasteiger partial charge in [0.05, 0.1) is 11.9 Å². The Hall–Kier alpha value is -2.13. The molecule has 2 aromatic carbocycles. The van der Waals surface area contributed by atoms with Crippen LogP contribution in [0.3, 0.4) is 0 Å². The van der Waals surface area contributed by atoms with Gasteiger partial charge in [-0.15, -0.1) is 0 Å². The molecule has 0 radical (unpaired) electrons. The lowest BCUT2D eigenvalue weighted by atomic mass is 10.1. The molecule has 0 unspecified atom stereocenters. The molecular formula is C20H18BrNO. The number of halogens is 1. The van der Waals surface area contributed by atoms with Gasteiger partial charge in [0.2, 0.25) is 0 Å². The van der Waals surface area contributed by atoms with Crippen LogP contribution in [0.2, 0.25) is 0 Å². The first kappa shape index (κ1) is 15.8. The number of hydrogen-bond donors (Lipinski definition) is 0. The Bertz CT molecular complexity index is 877. The van der Waals surface area contributed by atoms with Crippen molar-refractivity contribution in [3.63, 3.8) is 0 Å². The summed E-state index contributed by atoms with van der Waals surface area (Å²) in [5.41, 5.74) is 5.58. The van der Waals surface area contributed by atoms with E-state index in [1.54, 1.807) is 6.21 Å². The third-order valence-corrected chi connectivity index (χ3v) is 4.37. The van der Waals surface area contributed by atoms with Crippen molar-refractivity contribution in [2.75, 3.05) is 0 Å². The normalized spacial score (nSPS) is 11.3. The van der Waals surface area contributed by atoms with Gasteiger partial charge in [-0.3, -0.25) is 4.99 Å². The molecule has 3 heteroatoms. The topological polar surface area (TPSA) is 25.5 Å². The maximum absolute atomic E-state index is 5.90. The summed E-state index contributed by atoms with van der Waals surface area (Å²) in [6.45, 7) is 6.19. The minimum absolute atomic E-state index is 0.744. The second kappa shape index (κ2) is 6.55. The van der Waals surface area contributed by atoms with Gasteiger partial charge in [0.1, 0.15) is 11.5 Å². The molecule has 0 aliphatic rings. The number of aryl methyl sites for hydroxylation is 3. The Morgan fingerprint density at radius 3 is 2.43 bits per heavy atom. The Morgan fingerprint density at radius 2 is 1.65 bits per heavy atom. The highest BCUT2D eigenvalue weighted by atomic mass is 79.9. The van der Waals surface area contributed by atoms with E-state index < -0.39 is 0 Å². The molecule has 2 nitrogen and oxygen atoms in total. The summed E-state index contributed by atoms with van der Waals surface area (Å²) in [5.74, 6) is 1.58. The van der Waals surface area contributed by atoms with Crippen molar-refractivity contribution in [3.8, 4) is 11.3 Å². The number of nitrogens with zero attached hydrogens (tertiary/aromatic N) is 1. The van der Waals surface area contributed by atoms with Crippen molar-refractivity contribution in [3.05, 3.63) is 75.5 Å². The molecule has 0 atom stereocenters. The lowest BCUT2D eigenvalue weighted by Gasteiger charge is -2.02. The monoisotopic (exact) mass is 367 g/mol. The molecular weight excluding hydrogens is 350 g/mol. The zero-order valence-corrected chi connectivity index (χ0v) is 15.0. The first-order valence-electron chi connectivity index (χ1n) is 7.50. The third-order valence-electron chi connectivity index (χ3n) is 3.71. The molecule has 0 saturated heterocycles. The van der Waals surface area contributed by atoms with Gasteiger partial charge < -0.3 is 4.42 Å². The van der Waals surface area contributed by atoms with Crippen LogP contribution in [0.25, 0.3) is 11.3 Å². The molecule has 0 bridgehead atoms. The van der Waals surface area contributed by atoms with Crippen LogP contribution < -0.4 is 0 Å². The highest BCUT2D eigenvalue weighted by molar-refractivity contribution is 9.10. The van der Waals surface area contributed by atoms with E-state index in [2.05, 4.69) is 78.1 Å². The summed E-state index contributed by atoms with van der Waals surface area (Å²) in [5, 5.41) is 0. The van der Waals surface area contributed by atoms with Crippen LogP contribution in [-0.2, 0) is 0 Å². The lowest BCUT2D eigenvalue weighted by Crippen LogP contribution is -1.80. The van der Waals surface area contributed by atoms with E-state index in [-0.39, 0.29) is 0 Å².